The molecule has 0 spiro atoms. The van der Waals surface area contributed by atoms with Gasteiger partial charge in [0.2, 0.25) is 0 Å². The number of aliphatic hydroxyl groups excluding tert-OH is 2. The molecule has 0 aliphatic carbocycles. The van der Waals surface area contributed by atoms with Crippen LogP contribution in [-0.2, 0) is 4.74 Å². The highest BCUT2D eigenvalue weighted by atomic mass is 127. The van der Waals surface area contributed by atoms with Crippen LogP contribution in [0.1, 0.15) is 71.6 Å². The normalized spacial score (nSPS) is 16.4. The lowest BCUT2D eigenvalue weighted by molar-refractivity contribution is 0.198. The van der Waals surface area contributed by atoms with Crippen molar-refractivity contribution in [1.29, 1.82) is 0 Å². The van der Waals surface area contributed by atoms with Gasteiger partial charge in [0.25, 0.3) is 0 Å². The zero-order chi connectivity index (χ0) is 19.3. The van der Waals surface area contributed by atoms with Crippen molar-refractivity contribution in [2.75, 3.05) is 26.4 Å². The zero-order valence-electron chi connectivity index (χ0n) is 15.9. The molecule has 1 aliphatic heterocycles. The Labute approximate surface area is 181 Å². The van der Waals surface area contributed by atoms with Gasteiger partial charge in [-0.05, 0) is 51.9 Å². The average molecular weight is 586 g/mol. The zero-order valence-corrected chi connectivity index (χ0v) is 20.2. The largest absolute Gasteiger partial charge is 0.396 e. The fourth-order valence-corrected chi connectivity index (χ4v) is 2.84. The molecular weight excluding hydrogens is 549 g/mol. The Morgan fingerprint density at radius 2 is 1.72 bits per heavy atom. The van der Waals surface area contributed by atoms with Crippen molar-refractivity contribution < 1.29 is 19.3 Å². The van der Waals surface area contributed by atoms with E-state index in [4.69, 9.17) is 14.9 Å². The highest BCUT2D eigenvalue weighted by molar-refractivity contribution is 14.1. The average Bonchev–Trinajstić information content (AvgIpc) is 3.14. The second kappa shape index (κ2) is 23.0. The molecule has 2 unspecified atom stereocenters. The highest BCUT2D eigenvalue weighted by Crippen LogP contribution is 2.14. The minimum Gasteiger partial charge on any atom is -0.396 e. The maximum atomic E-state index is 12.0. The Bertz CT molecular complexity index is 274. The summed E-state index contributed by atoms with van der Waals surface area (Å²) in [4.78, 5) is 0. The molecule has 1 rings (SSSR count). The summed E-state index contributed by atoms with van der Waals surface area (Å²) in [6, 6.07) is 0. The van der Waals surface area contributed by atoms with Gasteiger partial charge in [-0.15, -0.1) is 0 Å². The van der Waals surface area contributed by atoms with Gasteiger partial charge in [-0.25, -0.2) is 4.39 Å². The summed E-state index contributed by atoms with van der Waals surface area (Å²) in [7, 11) is 0. The summed E-state index contributed by atoms with van der Waals surface area (Å²) in [5.74, 6) is -0.107. The highest BCUT2D eigenvalue weighted by Gasteiger charge is 2.02. The fraction of sp³-hybridized carbons (Fsp3) is 0.895. The Balaban J connectivity index is 0. The molecule has 1 aliphatic rings. The van der Waals surface area contributed by atoms with Crippen LogP contribution in [0.3, 0.4) is 0 Å². The lowest BCUT2D eigenvalue weighted by Crippen LogP contribution is -2.03. The van der Waals surface area contributed by atoms with Crippen LogP contribution in [0.4, 0.5) is 4.39 Å². The van der Waals surface area contributed by atoms with Crippen LogP contribution in [0.5, 0.6) is 0 Å². The molecule has 2 atom stereocenters. The molecule has 1 saturated heterocycles. The van der Waals surface area contributed by atoms with Gasteiger partial charge >= 0.3 is 0 Å². The molecule has 0 bridgehead atoms. The van der Waals surface area contributed by atoms with Crippen molar-refractivity contribution >= 4 is 45.2 Å². The number of alkyl halides is 2. The summed E-state index contributed by atoms with van der Waals surface area (Å²) in [5, 5.41) is 17.1. The molecule has 1 fully saturated rings. The van der Waals surface area contributed by atoms with Gasteiger partial charge in [0.1, 0.15) is 0 Å². The molecule has 6 heteroatoms. The Morgan fingerprint density at radius 3 is 2.12 bits per heavy atom. The predicted octanol–water partition coefficient (Wildman–Crippen LogP) is 5.99. The number of unbranched alkanes of at least 4 members (excludes halogenated alkanes) is 3. The summed E-state index contributed by atoms with van der Waals surface area (Å²) < 4.78 is 18.2. The van der Waals surface area contributed by atoms with Crippen molar-refractivity contribution in [2.24, 2.45) is 0 Å². The Kier molecular flexibility index (Phi) is 26.0. The number of hydrogen-bond acceptors (Lipinski definition) is 3. The first kappa shape index (κ1) is 28.2. The molecule has 0 saturated carbocycles. The van der Waals surface area contributed by atoms with Crippen molar-refractivity contribution in [3.05, 3.63) is 11.9 Å². The van der Waals surface area contributed by atoms with Crippen LogP contribution in [0.2, 0.25) is 0 Å². The van der Waals surface area contributed by atoms with E-state index < -0.39 is 0 Å². The number of halogens is 3. The molecule has 3 nitrogen and oxygen atoms in total. The monoisotopic (exact) mass is 586 g/mol. The van der Waals surface area contributed by atoms with Gasteiger partial charge in [0, 0.05) is 27.7 Å². The summed E-state index contributed by atoms with van der Waals surface area (Å²) >= 11 is 4.74. The molecule has 2 N–H and O–H groups in total. The van der Waals surface area contributed by atoms with Gasteiger partial charge in [-0.2, -0.15) is 0 Å². The van der Waals surface area contributed by atoms with Crippen LogP contribution in [0.15, 0.2) is 11.9 Å². The number of aliphatic hydroxyl groups is 2. The first-order valence-electron chi connectivity index (χ1n) is 9.33. The van der Waals surface area contributed by atoms with Crippen molar-refractivity contribution in [3.63, 3.8) is 0 Å². The first-order chi connectivity index (χ1) is 11.9. The predicted molar refractivity (Wildman–Crippen MR) is 123 cm³/mol. The topological polar surface area (TPSA) is 49.7 Å². The van der Waals surface area contributed by atoms with Crippen molar-refractivity contribution in [3.8, 4) is 0 Å². The van der Waals surface area contributed by atoms with Crippen LogP contribution in [0.25, 0.3) is 0 Å². The number of allylic oxidation sites excluding steroid dienone is 2. The molecular formula is C19H37FI2O3. The smallest absolute Gasteiger partial charge is 0.0928 e. The van der Waals surface area contributed by atoms with E-state index in [-0.39, 0.29) is 12.4 Å². The van der Waals surface area contributed by atoms with E-state index in [9.17, 15) is 4.39 Å². The van der Waals surface area contributed by atoms with E-state index in [2.05, 4.69) is 52.1 Å². The molecule has 0 aromatic heterocycles. The van der Waals surface area contributed by atoms with Crippen LogP contribution >= 0.6 is 45.2 Å². The number of rotatable bonds is 10. The third kappa shape index (κ3) is 30.0. The number of ether oxygens (including phenoxy) is 1. The van der Waals surface area contributed by atoms with Gasteiger partial charge in [-0.3, -0.25) is 0 Å². The summed E-state index contributed by atoms with van der Waals surface area (Å²) in [6.07, 6.45) is 11.4. The summed E-state index contributed by atoms with van der Waals surface area (Å²) in [5.41, 5.74) is 0. The molecule has 0 aromatic rings. The minimum atomic E-state index is -0.107. The fourth-order valence-electron chi connectivity index (χ4n) is 1.96. The lowest BCUT2D eigenvalue weighted by Gasteiger charge is -2.06. The number of hydrogen-bond donors (Lipinski definition) is 2. The maximum Gasteiger partial charge on any atom is 0.0928 e. The Morgan fingerprint density at radius 1 is 1.08 bits per heavy atom. The quantitative estimate of drug-likeness (QED) is 0.188. The van der Waals surface area contributed by atoms with Crippen LogP contribution < -0.4 is 0 Å². The molecule has 0 aromatic carbocycles. The molecule has 25 heavy (non-hydrogen) atoms. The van der Waals surface area contributed by atoms with E-state index >= 15 is 0 Å². The third-order valence-electron chi connectivity index (χ3n) is 3.43. The standard InChI is InChI=1S/C8H15FO.C7H14I2O.C4H8O/c1-8(9)6-4-2-3-5-7-10;1-6(8)3-2-4-7(9)5-10;1-2-4-5-3-1/h6,10H,2-5,7H2,1H3;6-7,10H,2-5H2,1H3;1-4H2/b8-6-;;. The van der Waals surface area contributed by atoms with E-state index in [1.54, 1.807) is 6.08 Å². The molecule has 0 amide bonds. The Hall–Kier alpha value is 1.01. The van der Waals surface area contributed by atoms with E-state index in [0.717, 1.165) is 49.2 Å². The van der Waals surface area contributed by atoms with Gasteiger partial charge in [-0.1, -0.05) is 71.0 Å². The maximum absolute atomic E-state index is 12.0. The van der Waals surface area contributed by atoms with E-state index in [1.807, 2.05) is 0 Å². The SMILES string of the molecule is C/C(F)=C/CCCCCO.C1CCOC1.CC(I)CCCC(I)CO. The molecule has 1 heterocycles. The van der Waals surface area contributed by atoms with Crippen LogP contribution in [0, 0.1) is 0 Å². The molecule has 0 radical (unpaired) electrons. The van der Waals surface area contributed by atoms with Crippen LogP contribution in [-0.4, -0.2) is 44.5 Å². The summed E-state index contributed by atoms with van der Waals surface area (Å²) in [6.45, 7) is 6.25. The molecule has 152 valence electrons. The second-order valence-electron chi connectivity index (χ2n) is 6.17. The van der Waals surface area contributed by atoms with E-state index in [0.29, 0.717) is 10.5 Å². The van der Waals surface area contributed by atoms with Gasteiger partial charge < -0.3 is 14.9 Å². The lowest BCUT2D eigenvalue weighted by atomic mass is 10.2. The van der Waals surface area contributed by atoms with Gasteiger partial charge in [0.15, 0.2) is 0 Å². The minimum absolute atomic E-state index is 0.107. The van der Waals surface area contributed by atoms with Gasteiger partial charge in [0.05, 0.1) is 12.4 Å². The second-order valence-corrected chi connectivity index (χ2v) is 10.1. The first-order valence-corrected chi connectivity index (χ1v) is 11.8. The van der Waals surface area contributed by atoms with Crippen molar-refractivity contribution in [2.45, 2.75) is 79.5 Å². The van der Waals surface area contributed by atoms with E-state index in [1.165, 1.54) is 32.6 Å². The third-order valence-corrected chi connectivity index (χ3v) is 5.07. The van der Waals surface area contributed by atoms with Crippen molar-refractivity contribution in [1.82, 2.24) is 0 Å².